The molecule has 0 bridgehead atoms. The molecule has 2 amide bonds. The third-order valence-corrected chi connectivity index (χ3v) is 7.39. The normalized spacial score (nSPS) is 20.9. The number of benzene rings is 2. The van der Waals surface area contributed by atoms with Gasteiger partial charge in [0.1, 0.15) is 17.0 Å². The number of aryl methyl sites for hydroxylation is 2. The van der Waals surface area contributed by atoms with Gasteiger partial charge in [-0.15, -0.1) is 0 Å². The predicted octanol–water partition coefficient (Wildman–Crippen LogP) is 5.13. The van der Waals surface area contributed by atoms with E-state index in [1.165, 1.54) is 6.42 Å². The van der Waals surface area contributed by atoms with Crippen LogP contribution in [0.4, 0.5) is 5.69 Å². The molecule has 0 saturated heterocycles. The number of methoxy groups -OCH3 is 1. The Balaban J connectivity index is 1.64. The van der Waals surface area contributed by atoms with Crippen molar-refractivity contribution < 1.29 is 14.3 Å². The van der Waals surface area contributed by atoms with Crippen LogP contribution in [-0.4, -0.2) is 35.1 Å². The second kappa shape index (κ2) is 8.49. The van der Waals surface area contributed by atoms with Crippen molar-refractivity contribution in [1.29, 1.82) is 0 Å². The Morgan fingerprint density at radius 2 is 1.74 bits per heavy atom. The van der Waals surface area contributed by atoms with Crippen LogP contribution < -0.4 is 15.0 Å². The predicted molar refractivity (Wildman–Crippen MR) is 135 cm³/mol. The second-order valence-electron chi connectivity index (χ2n) is 10.1. The lowest BCUT2D eigenvalue weighted by molar-refractivity contribution is -0.127. The van der Waals surface area contributed by atoms with Gasteiger partial charge in [-0.25, -0.2) is 0 Å². The van der Waals surface area contributed by atoms with Gasteiger partial charge in [0.05, 0.1) is 19.2 Å². The van der Waals surface area contributed by atoms with E-state index in [2.05, 4.69) is 11.4 Å². The topological polar surface area (TPSA) is 63.6 Å². The highest BCUT2D eigenvalue weighted by Crippen LogP contribution is 2.37. The molecule has 1 aromatic heterocycles. The van der Waals surface area contributed by atoms with E-state index in [1.807, 2.05) is 61.7 Å². The molecule has 3 aromatic rings. The van der Waals surface area contributed by atoms with Crippen molar-refractivity contribution in [2.24, 2.45) is 0 Å². The van der Waals surface area contributed by atoms with Gasteiger partial charge in [0, 0.05) is 23.2 Å². The van der Waals surface area contributed by atoms with Crippen LogP contribution in [0.1, 0.15) is 60.6 Å². The second-order valence-corrected chi connectivity index (χ2v) is 10.1. The summed E-state index contributed by atoms with van der Waals surface area (Å²) in [6, 6.07) is 14.0. The van der Waals surface area contributed by atoms with E-state index in [9.17, 15) is 9.59 Å². The fourth-order valence-electron chi connectivity index (χ4n) is 5.67. The van der Waals surface area contributed by atoms with Crippen molar-refractivity contribution in [3.63, 3.8) is 0 Å². The van der Waals surface area contributed by atoms with Crippen molar-refractivity contribution in [1.82, 2.24) is 9.88 Å². The van der Waals surface area contributed by atoms with Gasteiger partial charge in [-0.1, -0.05) is 25.3 Å². The van der Waals surface area contributed by atoms with Crippen LogP contribution in [0.25, 0.3) is 10.9 Å². The fourth-order valence-corrected chi connectivity index (χ4v) is 5.67. The molecule has 0 unspecified atom stereocenters. The molecule has 1 aliphatic heterocycles. The standard InChI is InChI=1S/C28H33N3O3/c1-18-12-19(2)14-22(13-18)31-26(32)25-15-20-10-11-23(34-4)16-24(20)30(25)17-28(31,3)27(33)29-21-8-6-5-7-9-21/h10-16,21H,5-9,17H2,1-4H3,(H,29,33)/t28-/m0/s1. The summed E-state index contributed by atoms with van der Waals surface area (Å²) in [5.74, 6) is 0.473. The smallest absolute Gasteiger partial charge is 0.275 e. The number of fused-ring (bicyclic) bond motifs is 3. The van der Waals surface area contributed by atoms with Gasteiger partial charge in [-0.05, 0) is 75.1 Å². The molecule has 6 nitrogen and oxygen atoms in total. The first-order valence-electron chi connectivity index (χ1n) is 12.2. The highest BCUT2D eigenvalue weighted by atomic mass is 16.5. The van der Waals surface area contributed by atoms with Crippen LogP contribution in [0.3, 0.4) is 0 Å². The summed E-state index contributed by atoms with van der Waals surface area (Å²) in [6.45, 7) is 6.31. The molecule has 2 aromatic carbocycles. The summed E-state index contributed by atoms with van der Waals surface area (Å²) in [5.41, 5.74) is 3.31. The Morgan fingerprint density at radius 3 is 2.41 bits per heavy atom. The number of carbonyl (C=O) groups is 2. The Kier molecular flexibility index (Phi) is 5.62. The zero-order chi connectivity index (χ0) is 24.0. The minimum Gasteiger partial charge on any atom is -0.497 e. The first-order chi connectivity index (χ1) is 16.3. The van der Waals surface area contributed by atoms with Gasteiger partial charge in [0.15, 0.2) is 0 Å². The molecular formula is C28H33N3O3. The average molecular weight is 460 g/mol. The molecule has 1 atom stereocenters. The molecule has 2 aliphatic rings. The maximum absolute atomic E-state index is 14.1. The Morgan fingerprint density at radius 1 is 1.03 bits per heavy atom. The molecule has 0 spiro atoms. The Labute approximate surface area is 200 Å². The molecule has 1 saturated carbocycles. The summed E-state index contributed by atoms with van der Waals surface area (Å²) in [5, 5.41) is 4.26. The van der Waals surface area contributed by atoms with E-state index >= 15 is 0 Å². The summed E-state index contributed by atoms with van der Waals surface area (Å²) in [7, 11) is 1.63. The molecule has 1 N–H and O–H groups in total. The third kappa shape index (κ3) is 3.75. The molecule has 0 radical (unpaired) electrons. The van der Waals surface area contributed by atoms with E-state index in [0.717, 1.165) is 59.2 Å². The number of ether oxygens (including phenoxy) is 1. The van der Waals surface area contributed by atoms with E-state index in [-0.39, 0.29) is 17.9 Å². The lowest BCUT2D eigenvalue weighted by Crippen LogP contribution is -2.65. The summed E-state index contributed by atoms with van der Waals surface area (Å²) < 4.78 is 7.42. The van der Waals surface area contributed by atoms with Crippen LogP contribution in [0.15, 0.2) is 42.5 Å². The van der Waals surface area contributed by atoms with Gasteiger partial charge in [0.25, 0.3) is 5.91 Å². The number of anilines is 1. The summed E-state index contributed by atoms with van der Waals surface area (Å²) in [6.07, 6.45) is 5.47. The number of carbonyl (C=O) groups excluding carboxylic acids is 2. The minimum absolute atomic E-state index is 0.0951. The Hall–Kier alpha value is -3.28. The minimum atomic E-state index is -1.07. The van der Waals surface area contributed by atoms with E-state index < -0.39 is 5.54 Å². The van der Waals surface area contributed by atoms with Crippen molar-refractivity contribution in [2.75, 3.05) is 12.0 Å². The molecule has 5 rings (SSSR count). The SMILES string of the molecule is COc1ccc2cc3n(c2c1)C[C@@](C)(C(=O)NC1CCCCC1)N(c1cc(C)cc(C)c1)C3=O. The van der Waals surface area contributed by atoms with Gasteiger partial charge in [-0.2, -0.15) is 0 Å². The van der Waals surface area contributed by atoms with Crippen molar-refractivity contribution in [3.8, 4) is 5.75 Å². The number of nitrogens with zero attached hydrogens (tertiary/aromatic N) is 2. The highest BCUT2D eigenvalue weighted by Gasteiger charge is 2.49. The van der Waals surface area contributed by atoms with Crippen LogP contribution in [0, 0.1) is 13.8 Å². The number of rotatable bonds is 4. The first kappa shape index (κ1) is 22.5. The van der Waals surface area contributed by atoms with Gasteiger partial charge < -0.3 is 14.6 Å². The molecule has 178 valence electrons. The molecule has 6 heteroatoms. The van der Waals surface area contributed by atoms with E-state index in [4.69, 9.17) is 4.74 Å². The Bertz CT molecular complexity index is 1250. The number of nitrogens with one attached hydrogen (secondary N) is 1. The number of aromatic nitrogens is 1. The first-order valence-corrected chi connectivity index (χ1v) is 12.2. The van der Waals surface area contributed by atoms with Gasteiger partial charge in [-0.3, -0.25) is 14.5 Å². The number of hydrogen-bond acceptors (Lipinski definition) is 3. The van der Waals surface area contributed by atoms with Crippen LogP contribution in [0.2, 0.25) is 0 Å². The number of hydrogen-bond donors (Lipinski definition) is 1. The maximum Gasteiger partial charge on any atom is 0.275 e. The van der Waals surface area contributed by atoms with Crippen molar-refractivity contribution in [2.45, 2.75) is 71.0 Å². The monoisotopic (exact) mass is 459 g/mol. The van der Waals surface area contributed by atoms with E-state index in [0.29, 0.717) is 12.2 Å². The summed E-state index contributed by atoms with van der Waals surface area (Å²) >= 11 is 0. The van der Waals surface area contributed by atoms with Gasteiger partial charge in [0.2, 0.25) is 5.91 Å². The lowest BCUT2D eigenvalue weighted by Gasteiger charge is -2.45. The van der Waals surface area contributed by atoms with Crippen LogP contribution in [-0.2, 0) is 11.3 Å². The fraction of sp³-hybridized carbons (Fsp3) is 0.429. The zero-order valence-electron chi connectivity index (χ0n) is 20.5. The van der Waals surface area contributed by atoms with Gasteiger partial charge >= 0.3 is 0 Å². The van der Waals surface area contributed by atoms with Crippen molar-refractivity contribution >= 4 is 28.4 Å². The van der Waals surface area contributed by atoms with Crippen LogP contribution >= 0.6 is 0 Å². The molecule has 34 heavy (non-hydrogen) atoms. The molecular weight excluding hydrogens is 426 g/mol. The van der Waals surface area contributed by atoms with Crippen LogP contribution in [0.5, 0.6) is 5.75 Å². The van der Waals surface area contributed by atoms with Crippen molar-refractivity contribution in [3.05, 3.63) is 59.3 Å². The molecule has 2 heterocycles. The summed E-state index contributed by atoms with van der Waals surface area (Å²) in [4.78, 5) is 29.7. The largest absolute Gasteiger partial charge is 0.497 e. The molecule has 1 fully saturated rings. The van der Waals surface area contributed by atoms with E-state index in [1.54, 1.807) is 12.0 Å². The maximum atomic E-state index is 14.1. The zero-order valence-corrected chi connectivity index (χ0v) is 20.5. The third-order valence-electron chi connectivity index (χ3n) is 7.39. The molecule has 1 aliphatic carbocycles. The quantitative estimate of drug-likeness (QED) is 0.588. The number of amides is 2. The highest BCUT2D eigenvalue weighted by molar-refractivity contribution is 6.14. The average Bonchev–Trinajstić information content (AvgIpc) is 3.17. The lowest BCUT2D eigenvalue weighted by atomic mass is 9.90.